The second kappa shape index (κ2) is 6.12. The van der Waals surface area contributed by atoms with Crippen LogP contribution in [0.4, 0.5) is 0 Å². The third-order valence-corrected chi connectivity index (χ3v) is 6.45. The Bertz CT molecular complexity index is 399. The molecular weight excluding hydrogens is 276 g/mol. The highest BCUT2D eigenvalue weighted by Crippen LogP contribution is 2.50. The van der Waals surface area contributed by atoms with Crippen LogP contribution in [0.2, 0.25) is 0 Å². The molecule has 124 valence electrons. The van der Waals surface area contributed by atoms with Gasteiger partial charge in [0.05, 0.1) is 6.10 Å². The van der Waals surface area contributed by atoms with Crippen molar-refractivity contribution in [3.05, 3.63) is 0 Å². The molecule has 1 N–H and O–H groups in total. The SMILES string of the molecule is O=C(CC(C1CC1)C1CC1)N1CCN([C@@H]2CCC[C@@H]2O)CC1. The first-order valence-electron chi connectivity index (χ1n) is 9.42. The normalized spacial score (nSPS) is 33.6. The number of rotatable bonds is 5. The predicted octanol–water partition coefficient (Wildman–Crippen LogP) is 1.87. The van der Waals surface area contributed by atoms with E-state index in [0.717, 1.165) is 63.7 Å². The number of carbonyl (C=O) groups excluding carboxylic acids is 1. The second-order valence-electron chi connectivity index (χ2n) is 8.03. The topological polar surface area (TPSA) is 43.8 Å². The zero-order valence-corrected chi connectivity index (χ0v) is 13.6. The molecule has 0 aromatic carbocycles. The van der Waals surface area contributed by atoms with Gasteiger partial charge in [0.1, 0.15) is 0 Å². The molecule has 4 nitrogen and oxygen atoms in total. The summed E-state index contributed by atoms with van der Waals surface area (Å²) in [4.78, 5) is 17.1. The van der Waals surface area contributed by atoms with Crippen molar-refractivity contribution in [1.82, 2.24) is 9.80 Å². The molecule has 0 bridgehead atoms. The molecule has 0 aromatic heterocycles. The van der Waals surface area contributed by atoms with Crippen LogP contribution in [0.25, 0.3) is 0 Å². The fourth-order valence-corrected chi connectivity index (χ4v) is 4.75. The van der Waals surface area contributed by atoms with Crippen molar-refractivity contribution in [1.29, 1.82) is 0 Å². The lowest BCUT2D eigenvalue weighted by Crippen LogP contribution is -2.53. The van der Waals surface area contributed by atoms with Crippen molar-refractivity contribution in [2.24, 2.45) is 17.8 Å². The average Bonchev–Trinajstić information content (AvgIpc) is 3.44. The van der Waals surface area contributed by atoms with E-state index in [1.165, 1.54) is 25.7 Å². The molecule has 0 aromatic rings. The van der Waals surface area contributed by atoms with Gasteiger partial charge in [0, 0.05) is 38.6 Å². The summed E-state index contributed by atoms with van der Waals surface area (Å²) < 4.78 is 0. The summed E-state index contributed by atoms with van der Waals surface area (Å²) in [6, 6.07) is 0.350. The van der Waals surface area contributed by atoms with Crippen molar-refractivity contribution < 1.29 is 9.90 Å². The molecule has 22 heavy (non-hydrogen) atoms. The zero-order chi connectivity index (χ0) is 15.1. The lowest BCUT2D eigenvalue weighted by Gasteiger charge is -2.39. The van der Waals surface area contributed by atoms with E-state index in [9.17, 15) is 9.90 Å². The molecule has 0 radical (unpaired) electrons. The molecule has 1 saturated heterocycles. The molecule has 4 aliphatic rings. The number of hydrogen-bond donors (Lipinski definition) is 1. The van der Waals surface area contributed by atoms with E-state index < -0.39 is 0 Å². The third kappa shape index (κ3) is 3.18. The van der Waals surface area contributed by atoms with Crippen LogP contribution >= 0.6 is 0 Å². The maximum Gasteiger partial charge on any atom is 0.222 e. The van der Waals surface area contributed by atoms with Crippen LogP contribution in [0.5, 0.6) is 0 Å². The minimum absolute atomic E-state index is 0.142. The first kappa shape index (κ1) is 14.9. The van der Waals surface area contributed by atoms with E-state index in [-0.39, 0.29) is 6.10 Å². The summed E-state index contributed by atoms with van der Waals surface area (Å²) in [5.41, 5.74) is 0. The summed E-state index contributed by atoms with van der Waals surface area (Å²) in [6.07, 6.45) is 9.34. The number of piperazine rings is 1. The Kier molecular flexibility index (Phi) is 4.16. The van der Waals surface area contributed by atoms with Crippen molar-refractivity contribution in [2.75, 3.05) is 26.2 Å². The average molecular weight is 306 g/mol. The first-order valence-corrected chi connectivity index (χ1v) is 9.42. The van der Waals surface area contributed by atoms with E-state index in [0.29, 0.717) is 17.9 Å². The van der Waals surface area contributed by atoms with Gasteiger partial charge in [-0.2, -0.15) is 0 Å². The van der Waals surface area contributed by atoms with E-state index >= 15 is 0 Å². The van der Waals surface area contributed by atoms with Crippen LogP contribution in [-0.4, -0.2) is 59.1 Å². The zero-order valence-electron chi connectivity index (χ0n) is 13.6. The predicted molar refractivity (Wildman–Crippen MR) is 85.4 cm³/mol. The van der Waals surface area contributed by atoms with E-state index in [1.54, 1.807) is 0 Å². The first-order chi connectivity index (χ1) is 10.7. The number of amides is 1. The molecule has 4 heteroatoms. The molecule has 4 fully saturated rings. The van der Waals surface area contributed by atoms with Gasteiger partial charge in [-0.05, 0) is 62.7 Å². The molecule has 2 atom stereocenters. The van der Waals surface area contributed by atoms with Crippen LogP contribution in [0.3, 0.4) is 0 Å². The van der Waals surface area contributed by atoms with Crippen molar-refractivity contribution in [3.8, 4) is 0 Å². The molecule has 1 amide bonds. The molecule has 4 rings (SSSR count). The van der Waals surface area contributed by atoms with Gasteiger partial charge in [-0.15, -0.1) is 0 Å². The van der Waals surface area contributed by atoms with E-state index in [2.05, 4.69) is 9.80 Å². The number of nitrogens with zero attached hydrogens (tertiary/aromatic N) is 2. The Labute approximate surface area is 133 Å². The second-order valence-corrected chi connectivity index (χ2v) is 8.03. The highest BCUT2D eigenvalue weighted by molar-refractivity contribution is 5.76. The van der Waals surface area contributed by atoms with Crippen LogP contribution in [-0.2, 0) is 4.79 Å². The maximum atomic E-state index is 12.6. The van der Waals surface area contributed by atoms with Crippen molar-refractivity contribution in [2.45, 2.75) is 63.5 Å². The number of aliphatic hydroxyl groups excluding tert-OH is 1. The Hall–Kier alpha value is -0.610. The number of carbonyl (C=O) groups is 1. The fraction of sp³-hybridized carbons (Fsp3) is 0.944. The lowest BCUT2D eigenvalue weighted by atomic mass is 9.93. The molecule has 3 aliphatic carbocycles. The molecule has 1 heterocycles. The molecule has 1 aliphatic heterocycles. The standard InChI is InChI=1S/C18H30N2O2/c21-17-3-1-2-16(17)19-8-10-20(11-9-19)18(22)12-15(13-4-5-13)14-6-7-14/h13-17,21H,1-12H2/t16-,17+/m1/s1. The monoisotopic (exact) mass is 306 g/mol. The third-order valence-electron chi connectivity index (χ3n) is 6.45. The largest absolute Gasteiger partial charge is 0.391 e. The van der Waals surface area contributed by atoms with Gasteiger partial charge in [0.15, 0.2) is 0 Å². The summed E-state index contributed by atoms with van der Waals surface area (Å²) in [5, 5.41) is 10.0. The van der Waals surface area contributed by atoms with Crippen molar-refractivity contribution >= 4 is 5.91 Å². The smallest absolute Gasteiger partial charge is 0.222 e. The van der Waals surface area contributed by atoms with Crippen LogP contribution in [0.15, 0.2) is 0 Å². The maximum absolute atomic E-state index is 12.6. The van der Waals surface area contributed by atoms with Crippen LogP contribution < -0.4 is 0 Å². The molecule has 3 saturated carbocycles. The highest BCUT2D eigenvalue weighted by atomic mass is 16.3. The Morgan fingerprint density at radius 3 is 2.09 bits per heavy atom. The Morgan fingerprint density at radius 1 is 0.955 bits per heavy atom. The summed E-state index contributed by atoms with van der Waals surface area (Å²) >= 11 is 0. The quantitative estimate of drug-likeness (QED) is 0.843. The minimum atomic E-state index is -0.142. The molecule has 0 spiro atoms. The van der Waals surface area contributed by atoms with Gasteiger partial charge in [-0.1, -0.05) is 0 Å². The number of hydrogen-bond acceptors (Lipinski definition) is 3. The van der Waals surface area contributed by atoms with Gasteiger partial charge in [-0.25, -0.2) is 0 Å². The summed E-state index contributed by atoms with van der Waals surface area (Å²) in [6.45, 7) is 3.63. The summed E-state index contributed by atoms with van der Waals surface area (Å²) in [5.74, 6) is 2.83. The van der Waals surface area contributed by atoms with E-state index in [4.69, 9.17) is 0 Å². The van der Waals surface area contributed by atoms with Crippen LogP contribution in [0.1, 0.15) is 51.4 Å². The minimum Gasteiger partial charge on any atom is -0.391 e. The highest BCUT2D eigenvalue weighted by Gasteiger charge is 2.43. The van der Waals surface area contributed by atoms with Gasteiger partial charge < -0.3 is 10.0 Å². The van der Waals surface area contributed by atoms with E-state index in [1.807, 2.05) is 0 Å². The number of aliphatic hydroxyl groups is 1. The molecule has 0 unspecified atom stereocenters. The van der Waals surface area contributed by atoms with Gasteiger partial charge in [0.2, 0.25) is 5.91 Å². The summed E-state index contributed by atoms with van der Waals surface area (Å²) in [7, 11) is 0. The Morgan fingerprint density at radius 2 is 1.59 bits per heavy atom. The Balaban J connectivity index is 1.26. The van der Waals surface area contributed by atoms with Crippen LogP contribution in [0, 0.1) is 17.8 Å². The lowest BCUT2D eigenvalue weighted by molar-refractivity contribution is -0.135. The molecular formula is C18H30N2O2. The van der Waals surface area contributed by atoms with Gasteiger partial charge >= 0.3 is 0 Å². The van der Waals surface area contributed by atoms with Gasteiger partial charge in [0.25, 0.3) is 0 Å². The fourth-order valence-electron chi connectivity index (χ4n) is 4.75. The van der Waals surface area contributed by atoms with Crippen molar-refractivity contribution in [3.63, 3.8) is 0 Å². The van der Waals surface area contributed by atoms with Gasteiger partial charge in [-0.3, -0.25) is 9.69 Å².